The number of para-hydroxylation sites is 7. The minimum atomic E-state index is -1.10. The van der Waals surface area contributed by atoms with Crippen LogP contribution in [0, 0.1) is 22.7 Å². The third-order valence-electron chi connectivity index (χ3n) is 20.4. The first-order chi connectivity index (χ1) is 47.0. The van der Waals surface area contributed by atoms with Gasteiger partial charge in [-0.15, -0.1) is 0 Å². The molecule has 0 saturated carbocycles. The lowest BCUT2D eigenvalue weighted by Crippen LogP contribution is -2.32. The number of ether oxygens (including phenoxy) is 1. The molecule has 0 saturated heterocycles. The summed E-state index contributed by atoms with van der Waals surface area (Å²) >= 11 is 0. The zero-order valence-corrected chi connectivity index (χ0v) is 50.6. The summed E-state index contributed by atoms with van der Waals surface area (Å²) in [7, 11) is 0. The molecule has 1 aliphatic carbocycles. The Hall–Kier alpha value is -13.3. The lowest BCUT2D eigenvalue weighted by Gasteiger charge is -2.39. The van der Waals surface area contributed by atoms with Crippen LogP contribution in [0.2, 0.25) is 0 Å². The monoisotopic (exact) mass is 1210 g/mol. The number of rotatable bonds is 5. The van der Waals surface area contributed by atoms with Gasteiger partial charge < -0.3 is 27.6 Å². The molecular formula is C85H47N9O. The average Bonchev–Trinajstić information content (AvgIpc) is 1.55. The van der Waals surface area contributed by atoms with Crippen molar-refractivity contribution in [2.45, 2.75) is 5.41 Å². The van der Waals surface area contributed by atoms with E-state index in [9.17, 15) is 10.5 Å². The summed E-state index contributed by atoms with van der Waals surface area (Å²) in [5.41, 5.74) is 20.7. The van der Waals surface area contributed by atoms with Crippen molar-refractivity contribution in [1.82, 2.24) is 32.8 Å². The molecule has 0 fully saturated rings. The van der Waals surface area contributed by atoms with E-state index in [0.29, 0.717) is 22.6 Å². The van der Waals surface area contributed by atoms with Crippen molar-refractivity contribution in [1.29, 1.82) is 10.5 Å². The van der Waals surface area contributed by atoms with Gasteiger partial charge in [-0.2, -0.15) is 10.5 Å². The van der Waals surface area contributed by atoms with E-state index >= 15 is 0 Å². The number of fused-ring (bicyclic) bond motifs is 24. The maximum Gasteiger partial charge on any atom is 0.134 e. The normalized spacial score (nSPS) is 13.0. The van der Waals surface area contributed by atoms with Gasteiger partial charge in [0.25, 0.3) is 0 Å². The third kappa shape index (κ3) is 6.83. The number of hydrogen-bond acceptors (Lipinski definition) is 5. The number of hydrogen-bond donors (Lipinski definition) is 0. The predicted molar refractivity (Wildman–Crippen MR) is 381 cm³/mol. The van der Waals surface area contributed by atoms with E-state index in [2.05, 4.69) is 284 Å². The smallest absolute Gasteiger partial charge is 0.134 e. The van der Waals surface area contributed by atoms with Crippen molar-refractivity contribution in [3.8, 4) is 63.5 Å². The molecule has 0 bridgehead atoms. The molecule has 1 spiro atoms. The van der Waals surface area contributed by atoms with Gasteiger partial charge in [0.2, 0.25) is 0 Å². The molecule has 10 heteroatoms. The summed E-state index contributed by atoms with van der Waals surface area (Å²) in [6.07, 6.45) is 3.96. The van der Waals surface area contributed by atoms with Crippen LogP contribution < -0.4 is 4.74 Å². The van der Waals surface area contributed by atoms with E-state index in [-0.39, 0.29) is 0 Å². The molecule has 10 nitrogen and oxygen atoms in total. The van der Waals surface area contributed by atoms with Crippen molar-refractivity contribution in [2.24, 2.45) is 0 Å². The molecular weight excluding hydrogens is 1160 g/mol. The van der Waals surface area contributed by atoms with Gasteiger partial charge in [0.1, 0.15) is 11.5 Å². The highest BCUT2D eigenvalue weighted by atomic mass is 16.5. The fourth-order valence-electron chi connectivity index (χ4n) is 16.6. The number of pyridine rings is 2. The van der Waals surface area contributed by atoms with Gasteiger partial charge >= 0.3 is 0 Å². The molecule has 7 aromatic heterocycles. The van der Waals surface area contributed by atoms with Crippen LogP contribution in [-0.4, -0.2) is 32.8 Å². The van der Waals surface area contributed by atoms with Crippen molar-refractivity contribution < 1.29 is 4.74 Å². The molecule has 19 aromatic rings. The molecule has 95 heavy (non-hydrogen) atoms. The Morgan fingerprint density at radius 2 is 0.547 bits per heavy atom. The molecule has 12 aromatic carbocycles. The summed E-state index contributed by atoms with van der Waals surface area (Å²) < 4.78 is 19.4. The summed E-state index contributed by atoms with van der Waals surface area (Å²) in [6, 6.07) is 102. The Kier molecular flexibility index (Phi) is 10.2. The van der Waals surface area contributed by atoms with Gasteiger partial charge in [-0.3, -0.25) is 9.97 Å². The molecule has 0 atom stereocenters. The molecule has 438 valence electrons. The lowest BCUT2D eigenvalue weighted by molar-refractivity contribution is 0.436. The van der Waals surface area contributed by atoms with Gasteiger partial charge in [-0.05, 0) is 121 Å². The molecule has 8 heterocycles. The summed E-state index contributed by atoms with van der Waals surface area (Å²) in [6.45, 7) is 0. The van der Waals surface area contributed by atoms with Crippen molar-refractivity contribution in [3.05, 3.63) is 319 Å². The van der Waals surface area contributed by atoms with Crippen LogP contribution in [0.4, 0.5) is 0 Å². The fourth-order valence-corrected chi connectivity index (χ4v) is 16.6. The van der Waals surface area contributed by atoms with Crippen molar-refractivity contribution in [2.75, 3.05) is 0 Å². The van der Waals surface area contributed by atoms with E-state index in [1.807, 2.05) is 36.7 Å². The molecule has 2 aliphatic rings. The van der Waals surface area contributed by atoms with E-state index in [4.69, 9.17) is 14.7 Å². The number of aromatic nitrogens is 7. The van der Waals surface area contributed by atoms with Gasteiger partial charge in [0, 0.05) is 105 Å². The van der Waals surface area contributed by atoms with E-state index in [1.165, 1.54) is 21.5 Å². The van der Waals surface area contributed by atoms with E-state index in [0.717, 1.165) is 150 Å². The number of nitriles is 2. The van der Waals surface area contributed by atoms with Crippen LogP contribution in [0.15, 0.2) is 285 Å². The van der Waals surface area contributed by atoms with Crippen LogP contribution >= 0.6 is 0 Å². The quantitative estimate of drug-likeness (QED) is 0.171. The maximum absolute atomic E-state index is 10.2. The highest BCUT2D eigenvalue weighted by molar-refractivity contribution is 6.14. The first-order valence-corrected chi connectivity index (χ1v) is 31.9. The molecule has 0 unspecified atom stereocenters. The van der Waals surface area contributed by atoms with Gasteiger partial charge in [-0.25, -0.2) is 0 Å². The predicted octanol–water partition coefficient (Wildman–Crippen LogP) is 20.2. The van der Waals surface area contributed by atoms with Crippen LogP contribution in [0.5, 0.6) is 11.5 Å². The van der Waals surface area contributed by atoms with E-state index in [1.54, 1.807) is 0 Å². The molecule has 0 N–H and O–H groups in total. The largest absolute Gasteiger partial charge is 0.457 e. The average molecular weight is 1210 g/mol. The second kappa shape index (κ2) is 18.9. The van der Waals surface area contributed by atoms with Crippen LogP contribution in [-0.2, 0) is 5.41 Å². The Labute approximate surface area is 541 Å². The minimum Gasteiger partial charge on any atom is -0.457 e. The second-order valence-corrected chi connectivity index (χ2v) is 25.1. The molecule has 0 radical (unpaired) electrons. The van der Waals surface area contributed by atoms with Crippen molar-refractivity contribution >= 4 is 109 Å². The van der Waals surface area contributed by atoms with Gasteiger partial charge in [0.05, 0.1) is 119 Å². The standard InChI is InChI=1S/C85H47N9O/c86-46-50-29-36-78-64(39-50)61-19-5-13-27-76(61)93(78)55-42-69-83(88-48-55)84-70(43-56(49-89-84)94-77-28-14-6-20-62(77)65-40-51(47-87)30-37-79(65)94)85(69)67-34-31-53(91-73-24-10-3-17-59(73)60-18-4-11-25-74(60)91)44-81(67)95-82-45-54(32-35-68(82)85)92-75-26-12-7-21-63(75)66-41-52(33-38-80(66)92)90-71-22-8-1-15-57(71)58-16-2-9-23-72(58)90/h1-45,48-49H. The molecule has 21 rings (SSSR count). The zero-order valence-electron chi connectivity index (χ0n) is 50.6. The van der Waals surface area contributed by atoms with Crippen LogP contribution in [0.3, 0.4) is 0 Å². The van der Waals surface area contributed by atoms with Gasteiger partial charge in [0.15, 0.2) is 0 Å². The number of benzene rings is 12. The maximum atomic E-state index is 10.2. The fraction of sp³-hybridized carbons (Fsp3) is 0.0118. The first-order valence-electron chi connectivity index (χ1n) is 31.9. The van der Waals surface area contributed by atoms with Crippen LogP contribution in [0.25, 0.3) is 149 Å². The topological polar surface area (TPSA) is 107 Å². The summed E-state index contributed by atoms with van der Waals surface area (Å²) in [5.74, 6) is 1.39. The highest BCUT2D eigenvalue weighted by Crippen LogP contribution is 2.63. The Morgan fingerprint density at radius 3 is 0.905 bits per heavy atom. The minimum absolute atomic E-state index is 0.595. The summed E-state index contributed by atoms with van der Waals surface area (Å²) in [4.78, 5) is 11.2. The number of nitrogens with zero attached hydrogens (tertiary/aromatic N) is 9. The van der Waals surface area contributed by atoms with E-state index < -0.39 is 5.41 Å². The van der Waals surface area contributed by atoms with Gasteiger partial charge in [-0.1, -0.05) is 140 Å². The SMILES string of the molecule is N#Cc1ccc2c(c1)c1ccccc1n2-c1cnc2c(c1)C1(c3ccc(-n4c5ccccc5c5ccccc54)cc3Oc3cc(-n4c5ccccc5c5cc(-n6c7ccccc7c7ccccc76)ccc54)ccc31)c1cc(-n3c4ccccc4c4cc(C#N)ccc43)cnc1-2. The molecule has 0 amide bonds. The first kappa shape index (κ1) is 51.5. The second-order valence-electron chi connectivity index (χ2n) is 25.1. The van der Waals surface area contributed by atoms with Crippen molar-refractivity contribution in [3.63, 3.8) is 0 Å². The summed E-state index contributed by atoms with van der Waals surface area (Å²) in [5, 5.41) is 31.5. The molecule has 1 aliphatic heterocycles. The van der Waals surface area contributed by atoms with Crippen LogP contribution in [0.1, 0.15) is 33.4 Å². The third-order valence-corrected chi connectivity index (χ3v) is 20.4. The Bertz CT molecular complexity index is 6460. The Balaban J connectivity index is 0.857. The lowest BCUT2D eigenvalue weighted by atomic mass is 9.66. The zero-order chi connectivity index (χ0) is 62.4. The Morgan fingerprint density at radius 1 is 0.263 bits per heavy atom. The highest BCUT2D eigenvalue weighted by Gasteiger charge is 2.53.